The van der Waals surface area contributed by atoms with E-state index in [-0.39, 0.29) is 5.41 Å². The second kappa shape index (κ2) is 15.4. The SMILES string of the molecule is CC(C)C1(c2ccccc2)C=CC=CC1.CC(C)c1cccc2ccccc12.Clc1ccc(-c2ccccc2)c(Cl)c1Cl. The Balaban J connectivity index is 0.000000148. The maximum Gasteiger partial charge on any atom is 0.0784 e. The number of hydrogen-bond donors (Lipinski definition) is 0. The van der Waals surface area contributed by atoms with Gasteiger partial charge in [0.05, 0.1) is 15.1 Å². The predicted molar refractivity (Wildman–Crippen MR) is 191 cm³/mol. The topological polar surface area (TPSA) is 0 Å². The first-order chi connectivity index (χ1) is 20.7. The van der Waals surface area contributed by atoms with E-state index in [0.717, 1.165) is 17.5 Å². The zero-order valence-electron chi connectivity index (χ0n) is 25.3. The van der Waals surface area contributed by atoms with E-state index in [2.05, 4.69) is 125 Å². The molecule has 0 saturated carbocycles. The molecule has 0 amide bonds. The summed E-state index contributed by atoms with van der Waals surface area (Å²) in [7, 11) is 0. The van der Waals surface area contributed by atoms with Gasteiger partial charge in [0.25, 0.3) is 0 Å². The smallest absolute Gasteiger partial charge is 0.0784 e. The van der Waals surface area contributed by atoms with Crippen LogP contribution in [0, 0.1) is 5.92 Å². The van der Waals surface area contributed by atoms with E-state index < -0.39 is 0 Å². The maximum atomic E-state index is 6.12. The first-order valence-electron chi connectivity index (χ1n) is 14.8. The van der Waals surface area contributed by atoms with E-state index >= 15 is 0 Å². The van der Waals surface area contributed by atoms with Gasteiger partial charge in [-0.2, -0.15) is 0 Å². The molecule has 3 heteroatoms. The Kier molecular flexibility index (Phi) is 11.7. The Hall–Kier alpha value is -3.29. The van der Waals surface area contributed by atoms with Crippen LogP contribution in [0.3, 0.4) is 0 Å². The average molecular weight is 626 g/mol. The van der Waals surface area contributed by atoms with Gasteiger partial charge in [-0.05, 0) is 51.8 Å². The van der Waals surface area contributed by atoms with Crippen LogP contribution in [0.4, 0.5) is 0 Å². The van der Waals surface area contributed by atoms with Gasteiger partial charge in [0.15, 0.2) is 0 Å². The summed E-state index contributed by atoms with van der Waals surface area (Å²) >= 11 is 17.9. The Bertz CT molecular complexity index is 1660. The van der Waals surface area contributed by atoms with Crippen LogP contribution >= 0.6 is 34.8 Å². The molecule has 0 aliphatic heterocycles. The first-order valence-corrected chi connectivity index (χ1v) is 15.9. The zero-order chi connectivity index (χ0) is 30.8. The fourth-order valence-electron chi connectivity index (χ4n) is 5.48. The Labute approximate surface area is 272 Å². The van der Waals surface area contributed by atoms with Gasteiger partial charge in [-0.3, -0.25) is 0 Å². The minimum Gasteiger partial charge on any atom is -0.0833 e. The molecule has 0 radical (unpaired) electrons. The van der Waals surface area contributed by atoms with Crippen LogP contribution in [0.1, 0.15) is 51.2 Å². The highest BCUT2D eigenvalue weighted by Gasteiger charge is 2.32. The molecule has 1 aliphatic carbocycles. The Morgan fingerprint density at radius 1 is 0.605 bits per heavy atom. The van der Waals surface area contributed by atoms with Crippen molar-refractivity contribution < 1.29 is 0 Å². The van der Waals surface area contributed by atoms with Gasteiger partial charge in [0.2, 0.25) is 0 Å². The van der Waals surface area contributed by atoms with Crippen molar-refractivity contribution in [1.29, 1.82) is 0 Å². The second-order valence-electron chi connectivity index (χ2n) is 11.4. The molecule has 1 atom stereocenters. The third-order valence-corrected chi connectivity index (χ3v) is 9.30. The largest absolute Gasteiger partial charge is 0.0833 e. The number of halogens is 3. The van der Waals surface area contributed by atoms with Crippen LogP contribution in [-0.4, -0.2) is 0 Å². The van der Waals surface area contributed by atoms with Gasteiger partial charge in [-0.25, -0.2) is 0 Å². The monoisotopic (exact) mass is 624 g/mol. The summed E-state index contributed by atoms with van der Waals surface area (Å²) in [5.74, 6) is 1.23. The average Bonchev–Trinajstić information content (AvgIpc) is 3.05. The summed E-state index contributed by atoms with van der Waals surface area (Å²) in [6, 6.07) is 39.3. The highest BCUT2D eigenvalue weighted by atomic mass is 35.5. The van der Waals surface area contributed by atoms with Gasteiger partial charge in [0.1, 0.15) is 0 Å². The summed E-state index contributed by atoms with van der Waals surface area (Å²) in [4.78, 5) is 0. The van der Waals surface area contributed by atoms with Gasteiger partial charge < -0.3 is 0 Å². The fourth-order valence-corrected chi connectivity index (χ4v) is 6.13. The molecule has 6 rings (SSSR count). The highest BCUT2D eigenvalue weighted by Crippen LogP contribution is 2.39. The lowest BCUT2D eigenvalue weighted by molar-refractivity contribution is 0.385. The fraction of sp³-hybridized carbons (Fsp3) is 0.200. The molecule has 0 aromatic heterocycles. The lowest BCUT2D eigenvalue weighted by Gasteiger charge is -2.36. The lowest BCUT2D eigenvalue weighted by Crippen LogP contribution is -2.30. The standard InChI is InChI=1S/C15H18.C13H14.C12H7Cl3/c1-13(2)15(11-7-4-8-12-15)14-9-5-3-6-10-14;1-10(2)12-9-5-7-11-6-3-4-8-13(11)12;13-10-7-6-9(11(14)12(10)15)8-4-2-1-3-5-8/h3-11,13H,12H2,1-2H3;3-10H,1-2H3;1-7H. The van der Waals surface area contributed by atoms with E-state index in [1.165, 1.54) is 21.9 Å². The minimum absolute atomic E-state index is 0.204. The molecule has 0 N–H and O–H groups in total. The van der Waals surface area contributed by atoms with Crippen molar-refractivity contribution in [3.63, 3.8) is 0 Å². The highest BCUT2D eigenvalue weighted by molar-refractivity contribution is 6.49. The van der Waals surface area contributed by atoms with Crippen molar-refractivity contribution in [2.75, 3.05) is 0 Å². The van der Waals surface area contributed by atoms with Gasteiger partial charge >= 0.3 is 0 Å². The molecule has 220 valence electrons. The van der Waals surface area contributed by atoms with Crippen LogP contribution in [-0.2, 0) is 5.41 Å². The molecular weight excluding hydrogens is 587 g/mol. The van der Waals surface area contributed by atoms with E-state index in [0.29, 0.717) is 26.9 Å². The Morgan fingerprint density at radius 2 is 1.23 bits per heavy atom. The van der Waals surface area contributed by atoms with Crippen LogP contribution in [0.15, 0.2) is 140 Å². The minimum atomic E-state index is 0.204. The molecule has 0 fully saturated rings. The first kappa shape index (κ1) is 32.6. The van der Waals surface area contributed by atoms with Crippen molar-refractivity contribution in [2.24, 2.45) is 5.92 Å². The van der Waals surface area contributed by atoms with Crippen LogP contribution in [0.5, 0.6) is 0 Å². The van der Waals surface area contributed by atoms with Gasteiger partial charge in [-0.1, -0.05) is 196 Å². The van der Waals surface area contributed by atoms with Crippen molar-refractivity contribution in [3.8, 4) is 11.1 Å². The summed E-state index contributed by atoms with van der Waals surface area (Å²) in [5, 5.41) is 4.10. The molecule has 0 heterocycles. The van der Waals surface area contributed by atoms with Gasteiger partial charge in [0, 0.05) is 11.0 Å². The molecule has 5 aromatic rings. The molecule has 5 aromatic carbocycles. The van der Waals surface area contributed by atoms with E-state index in [4.69, 9.17) is 34.8 Å². The molecule has 0 nitrogen and oxygen atoms in total. The molecule has 43 heavy (non-hydrogen) atoms. The molecule has 0 spiro atoms. The van der Waals surface area contributed by atoms with E-state index in [1.807, 2.05) is 36.4 Å². The lowest BCUT2D eigenvalue weighted by atomic mass is 9.68. The van der Waals surface area contributed by atoms with Crippen molar-refractivity contribution in [2.45, 2.75) is 45.4 Å². The van der Waals surface area contributed by atoms with E-state index in [9.17, 15) is 0 Å². The summed E-state index contributed by atoms with van der Waals surface area (Å²) < 4.78 is 0. The molecule has 1 aliphatic rings. The van der Waals surface area contributed by atoms with Crippen molar-refractivity contribution >= 4 is 45.6 Å². The normalized spacial score (nSPS) is 15.6. The van der Waals surface area contributed by atoms with Crippen LogP contribution in [0.25, 0.3) is 21.9 Å². The quantitative estimate of drug-likeness (QED) is 0.174. The number of allylic oxidation sites excluding steroid dienone is 4. The van der Waals surface area contributed by atoms with Crippen molar-refractivity contribution in [3.05, 3.63) is 166 Å². The van der Waals surface area contributed by atoms with Crippen LogP contribution < -0.4 is 0 Å². The number of rotatable bonds is 4. The zero-order valence-corrected chi connectivity index (χ0v) is 27.5. The second-order valence-corrected chi connectivity index (χ2v) is 12.5. The summed E-state index contributed by atoms with van der Waals surface area (Å²) in [5.41, 5.74) is 5.00. The predicted octanol–water partition coefficient (Wildman–Crippen LogP) is 13.4. The third kappa shape index (κ3) is 8.01. The Morgan fingerprint density at radius 3 is 1.86 bits per heavy atom. The maximum absolute atomic E-state index is 6.12. The molecule has 0 bridgehead atoms. The van der Waals surface area contributed by atoms with Crippen molar-refractivity contribution in [1.82, 2.24) is 0 Å². The van der Waals surface area contributed by atoms with Gasteiger partial charge in [-0.15, -0.1) is 0 Å². The molecule has 0 saturated heterocycles. The summed E-state index contributed by atoms with van der Waals surface area (Å²) in [6.45, 7) is 9.08. The number of hydrogen-bond acceptors (Lipinski definition) is 0. The van der Waals surface area contributed by atoms with Crippen LogP contribution in [0.2, 0.25) is 15.1 Å². The number of benzene rings is 5. The molecule has 1 unspecified atom stereocenters. The van der Waals surface area contributed by atoms with E-state index in [1.54, 1.807) is 6.07 Å². The third-order valence-electron chi connectivity index (χ3n) is 8.00. The molecular formula is C40H39Cl3. The number of fused-ring (bicyclic) bond motifs is 1. The summed E-state index contributed by atoms with van der Waals surface area (Å²) in [6.07, 6.45) is 10.1.